The van der Waals surface area contributed by atoms with Crippen molar-refractivity contribution < 1.29 is 9.53 Å². The molecule has 0 spiro atoms. The number of nitrogens with one attached hydrogen (secondary N) is 3. The summed E-state index contributed by atoms with van der Waals surface area (Å²) in [6.45, 7) is 0.452. The van der Waals surface area contributed by atoms with E-state index in [0.717, 1.165) is 10.9 Å². The number of H-pyrrole nitrogens is 2. The van der Waals surface area contributed by atoms with E-state index in [2.05, 4.69) is 25.5 Å². The van der Waals surface area contributed by atoms with Crippen LogP contribution >= 0.6 is 0 Å². The Bertz CT molecular complexity index is 915. The van der Waals surface area contributed by atoms with Crippen molar-refractivity contribution in [3.8, 4) is 5.75 Å². The zero-order valence-corrected chi connectivity index (χ0v) is 13.1. The first-order chi connectivity index (χ1) is 11.7. The summed E-state index contributed by atoms with van der Waals surface area (Å²) < 4.78 is 5.28. The van der Waals surface area contributed by atoms with Gasteiger partial charge in [-0.2, -0.15) is 5.10 Å². The van der Waals surface area contributed by atoms with E-state index in [4.69, 9.17) is 4.74 Å². The van der Waals surface area contributed by atoms with Crippen LogP contribution in [0.15, 0.2) is 35.3 Å². The topological polar surface area (TPSA) is 113 Å². The fraction of sp³-hybridized carbons (Fsp3) is 0.250. The van der Waals surface area contributed by atoms with Crippen LogP contribution in [0, 0.1) is 0 Å². The second kappa shape index (κ2) is 6.95. The third kappa shape index (κ3) is 3.27. The fourth-order valence-corrected chi connectivity index (χ4v) is 2.48. The maximum Gasteiger partial charge on any atom is 0.340 e. The number of hydrogen-bond donors (Lipinski definition) is 3. The van der Waals surface area contributed by atoms with Gasteiger partial charge in [-0.05, 0) is 12.5 Å². The molecule has 2 heterocycles. The number of fused-ring (bicyclic) bond motifs is 1. The predicted molar refractivity (Wildman–Crippen MR) is 88.2 cm³/mol. The van der Waals surface area contributed by atoms with E-state index in [1.54, 1.807) is 6.20 Å². The number of carbonyl (C=O) groups is 1. The monoisotopic (exact) mass is 327 g/mol. The molecule has 0 fully saturated rings. The summed E-state index contributed by atoms with van der Waals surface area (Å²) in [6.07, 6.45) is 2.76. The molecule has 8 nitrogen and oxygen atoms in total. The molecule has 0 aliphatic heterocycles. The van der Waals surface area contributed by atoms with Gasteiger partial charge in [0.05, 0.1) is 24.4 Å². The molecule has 0 saturated heterocycles. The van der Waals surface area contributed by atoms with Crippen molar-refractivity contribution in [1.82, 2.24) is 25.5 Å². The molecule has 0 radical (unpaired) electrons. The number of rotatable bonds is 6. The number of ether oxygens (including phenoxy) is 1. The maximum absolute atomic E-state index is 12.6. The molecular weight excluding hydrogens is 310 g/mol. The summed E-state index contributed by atoms with van der Waals surface area (Å²) in [5.74, 6) is 0.782. The Morgan fingerprint density at radius 3 is 2.92 bits per heavy atom. The number of nitrogens with zero attached hydrogens (tertiary/aromatic N) is 2. The number of aryl methyl sites for hydroxylation is 1. The van der Waals surface area contributed by atoms with E-state index in [9.17, 15) is 9.59 Å². The second-order valence-corrected chi connectivity index (χ2v) is 5.20. The Balaban J connectivity index is 1.70. The Morgan fingerprint density at radius 2 is 2.17 bits per heavy atom. The zero-order valence-electron chi connectivity index (χ0n) is 13.1. The van der Waals surface area contributed by atoms with E-state index in [-0.39, 0.29) is 11.6 Å². The first kappa shape index (κ1) is 15.7. The standard InChI is InChI=1S/C16H17N5O3/c1-24-12-9-18-11-6-3-2-5-10(11)14(12)15(22)17-8-4-7-13-19-16(23)21-20-13/h2-3,5-6,9H,4,7-8H2,1H3,(H,17,22)(H2,19,20,21,23). The second-order valence-electron chi connectivity index (χ2n) is 5.20. The molecular formula is C16H17N5O3. The number of aromatic amines is 2. The molecule has 124 valence electrons. The van der Waals surface area contributed by atoms with Gasteiger partial charge in [-0.3, -0.25) is 14.8 Å². The van der Waals surface area contributed by atoms with Crippen LogP contribution in [0.2, 0.25) is 0 Å². The first-order valence-electron chi connectivity index (χ1n) is 7.52. The minimum Gasteiger partial charge on any atom is -0.494 e. The van der Waals surface area contributed by atoms with Gasteiger partial charge in [0.1, 0.15) is 5.82 Å². The van der Waals surface area contributed by atoms with Crippen molar-refractivity contribution >= 4 is 16.8 Å². The number of carbonyl (C=O) groups excluding carboxylic acids is 1. The average Bonchev–Trinajstić information content (AvgIpc) is 3.02. The summed E-state index contributed by atoms with van der Waals surface area (Å²) in [4.78, 5) is 30.4. The molecule has 0 saturated carbocycles. The quantitative estimate of drug-likeness (QED) is 0.585. The van der Waals surface area contributed by atoms with E-state index in [1.807, 2.05) is 24.3 Å². The van der Waals surface area contributed by atoms with E-state index in [0.29, 0.717) is 36.5 Å². The number of pyridine rings is 1. The summed E-state index contributed by atoms with van der Waals surface area (Å²) in [7, 11) is 1.51. The molecule has 3 aromatic rings. The maximum atomic E-state index is 12.6. The number of para-hydroxylation sites is 1. The van der Waals surface area contributed by atoms with Crippen molar-refractivity contribution in [2.75, 3.05) is 13.7 Å². The van der Waals surface area contributed by atoms with Crippen LogP contribution in [0.4, 0.5) is 0 Å². The lowest BCUT2D eigenvalue weighted by Crippen LogP contribution is -2.25. The molecule has 3 rings (SSSR count). The lowest BCUT2D eigenvalue weighted by molar-refractivity contribution is 0.0952. The lowest BCUT2D eigenvalue weighted by Gasteiger charge is -2.11. The third-order valence-corrected chi connectivity index (χ3v) is 3.61. The van der Waals surface area contributed by atoms with Crippen molar-refractivity contribution in [3.63, 3.8) is 0 Å². The summed E-state index contributed by atoms with van der Waals surface area (Å²) in [5.41, 5.74) is 0.871. The molecule has 2 aromatic heterocycles. The predicted octanol–water partition coefficient (Wildman–Crippen LogP) is 1.02. The Hall–Kier alpha value is -3.16. The van der Waals surface area contributed by atoms with Gasteiger partial charge in [-0.25, -0.2) is 9.89 Å². The van der Waals surface area contributed by atoms with Gasteiger partial charge in [0, 0.05) is 18.4 Å². The van der Waals surface area contributed by atoms with Gasteiger partial charge < -0.3 is 10.1 Å². The van der Waals surface area contributed by atoms with Gasteiger partial charge in [-0.1, -0.05) is 18.2 Å². The highest BCUT2D eigenvalue weighted by Crippen LogP contribution is 2.25. The van der Waals surface area contributed by atoms with Crippen LogP contribution in [-0.4, -0.2) is 39.7 Å². The van der Waals surface area contributed by atoms with E-state index < -0.39 is 0 Å². The molecule has 0 aliphatic carbocycles. The number of amides is 1. The largest absolute Gasteiger partial charge is 0.494 e. The van der Waals surface area contributed by atoms with Gasteiger partial charge in [-0.15, -0.1) is 0 Å². The molecule has 0 aliphatic rings. The van der Waals surface area contributed by atoms with Gasteiger partial charge in [0.15, 0.2) is 5.75 Å². The van der Waals surface area contributed by atoms with Crippen molar-refractivity contribution in [2.24, 2.45) is 0 Å². The fourth-order valence-electron chi connectivity index (χ4n) is 2.48. The molecule has 24 heavy (non-hydrogen) atoms. The Labute approximate surface area is 137 Å². The van der Waals surface area contributed by atoms with Crippen LogP contribution in [0.5, 0.6) is 5.75 Å². The van der Waals surface area contributed by atoms with Crippen molar-refractivity contribution in [1.29, 1.82) is 0 Å². The molecule has 8 heteroatoms. The minimum atomic E-state index is -0.331. The highest BCUT2D eigenvalue weighted by molar-refractivity contribution is 6.08. The van der Waals surface area contributed by atoms with Gasteiger partial charge in [0.2, 0.25) is 0 Å². The molecule has 0 unspecified atom stereocenters. The van der Waals surface area contributed by atoms with Crippen LogP contribution in [0.3, 0.4) is 0 Å². The van der Waals surface area contributed by atoms with E-state index >= 15 is 0 Å². The molecule has 1 aromatic carbocycles. The third-order valence-electron chi connectivity index (χ3n) is 3.61. The number of hydrogen-bond acceptors (Lipinski definition) is 5. The zero-order chi connectivity index (χ0) is 16.9. The number of aromatic nitrogens is 4. The highest BCUT2D eigenvalue weighted by atomic mass is 16.5. The summed E-state index contributed by atoms with van der Waals surface area (Å²) in [5, 5.41) is 9.74. The normalized spacial score (nSPS) is 10.7. The molecule has 0 atom stereocenters. The van der Waals surface area contributed by atoms with Crippen LogP contribution in [-0.2, 0) is 6.42 Å². The number of benzene rings is 1. The molecule has 1 amide bonds. The highest BCUT2D eigenvalue weighted by Gasteiger charge is 2.16. The van der Waals surface area contributed by atoms with Crippen LogP contribution < -0.4 is 15.7 Å². The van der Waals surface area contributed by atoms with Gasteiger partial charge in [0.25, 0.3) is 5.91 Å². The molecule has 0 bridgehead atoms. The summed E-state index contributed by atoms with van der Waals surface area (Å²) in [6, 6.07) is 7.41. The lowest BCUT2D eigenvalue weighted by atomic mass is 10.1. The summed E-state index contributed by atoms with van der Waals surface area (Å²) >= 11 is 0. The van der Waals surface area contributed by atoms with Crippen molar-refractivity contribution in [2.45, 2.75) is 12.8 Å². The van der Waals surface area contributed by atoms with E-state index in [1.165, 1.54) is 7.11 Å². The van der Waals surface area contributed by atoms with Crippen molar-refractivity contribution in [3.05, 3.63) is 52.3 Å². The van der Waals surface area contributed by atoms with Crippen LogP contribution in [0.25, 0.3) is 10.9 Å². The molecule has 3 N–H and O–H groups in total. The first-order valence-corrected chi connectivity index (χ1v) is 7.52. The van der Waals surface area contributed by atoms with Gasteiger partial charge >= 0.3 is 5.69 Å². The SMILES string of the molecule is COc1cnc2ccccc2c1C(=O)NCCCc1n[nH]c(=O)[nH]1. The Kier molecular flexibility index (Phi) is 4.55. The minimum absolute atomic E-state index is 0.221. The average molecular weight is 327 g/mol. The Morgan fingerprint density at radius 1 is 1.33 bits per heavy atom. The van der Waals surface area contributed by atoms with Crippen LogP contribution in [0.1, 0.15) is 22.6 Å². The smallest absolute Gasteiger partial charge is 0.340 e. The number of methoxy groups -OCH3 is 1.